The third kappa shape index (κ3) is 2.82. The SMILES string of the molecule is CNC1CCCCC1Oc1ccccc1C(N)=O. The van der Waals surface area contributed by atoms with Crippen LogP contribution in [0.2, 0.25) is 0 Å². The molecular weight excluding hydrogens is 228 g/mol. The molecule has 2 atom stereocenters. The molecule has 0 aromatic heterocycles. The first-order valence-electron chi connectivity index (χ1n) is 6.45. The number of amides is 1. The normalized spacial score (nSPS) is 23.6. The van der Waals surface area contributed by atoms with Crippen LogP contribution in [0.5, 0.6) is 5.75 Å². The van der Waals surface area contributed by atoms with Crippen molar-refractivity contribution >= 4 is 5.91 Å². The molecular formula is C14H20N2O2. The summed E-state index contributed by atoms with van der Waals surface area (Å²) in [5.41, 5.74) is 5.81. The minimum atomic E-state index is -0.442. The number of hydrogen-bond acceptors (Lipinski definition) is 3. The van der Waals surface area contributed by atoms with Gasteiger partial charge in [0.05, 0.1) is 5.56 Å². The molecule has 18 heavy (non-hydrogen) atoms. The Morgan fingerprint density at radius 1 is 1.33 bits per heavy atom. The van der Waals surface area contributed by atoms with Crippen molar-refractivity contribution in [1.82, 2.24) is 5.32 Å². The van der Waals surface area contributed by atoms with Gasteiger partial charge in [0.1, 0.15) is 11.9 Å². The van der Waals surface area contributed by atoms with E-state index in [4.69, 9.17) is 10.5 Å². The molecule has 1 fully saturated rings. The van der Waals surface area contributed by atoms with E-state index in [9.17, 15) is 4.79 Å². The Morgan fingerprint density at radius 2 is 2.06 bits per heavy atom. The summed E-state index contributed by atoms with van der Waals surface area (Å²) in [6, 6.07) is 7.51. The molecule has 0 heterocycles. The largest absolute Gasteiger partial charge is 0.488 e. The van der Waals surface area contributed by atoms with Crippen molar-refractivity contribution in [3.05, 3.63) is 29.8 Å². The zero-order valence-electron chi connectivity index (χ0n) is 10.7. The van der Waals surface area contributed by atoms with Crippen molar-refractivity contribution < 1.29 is 9.53 Å². The van der Waals surface area contributed by atoms with E-state index in [1.807, 2.05) is 13.1 Å². The number of likely N-dealkylation sites (N-methyl/N-ethyl adjacent to an activating group) is 1. The minimum Gasteiger partial charge on any atom is -0.488 e. The molecule has 4 nitrogen and oxygen atoms in total. The standard InChI is InChI=1S/C14H20N2O2/c1-16-11-7-3-5-9-13(11)18-12-8-4-2-6-10(12)14(15)17/h2,4,6,8,11,13,16H,3,5,7,9H2,1H3,(H2,15,17). The lowest BCUT2D eigenvalue weighted by molar-refractivity contribution is 0.0971. The van der Waals surface area contributed by atoms with Gasteiger partial charge in [-0.05, 0) is 38.4 Å². The predicted octanol–water partition coefficient (Wildman–Crippen LogP) is 1.69. The van der Waals surface area contributed by atoms with E-state index in [0.29, 0.717) is 17.4 Å². The second kappa shape index (κ2) is 5.87. The minimum absolute atomic E-state index is 0.115. The quantitative estimate of drug-likeness (QED) is 0.852. The van der Waals surface area contributed by atoms with Crippen LogP contribution in [0.25, 0.3) is 0 Å². The highest BCUT2D eigenvalue weighted by Crippen LogP contribution is 2.26. The Morgan fingerprint density at radius 3 is 2.78 bits per heavy atom. The number of ether oxygens (including phenoxy) is 1. The van der Waals surface area contributed by atoms with Crippen LogP contribution in [0, 0.1) is 0 Å². The van der Waals surface area contributed by atoms with Gasteiger partial charge in [0.25, 0.3) is 5.91 Å². The highest BCUT2D eigenvalue weighted by Gasteiger charge is 2.26. The maximum Gasteiger partial charge on any atom is 0.252 e. The Labute approximate surface area is 108 Å². The molecule has 1 amide bonds. The maximum atomic E-state index is 11.3. The Hall–Kier alpha value is -1.55. The highest BCUT2D eigenvalue weighted by molar-refractivity contribution is 5.95. The Balaban J connectivity index is 2.15. The van der Waals surface area contributed by atoms with E-state index in [1.165, 1.54) is 12.8 Å². The third-order valence-corrected chi connectivity index (χ3v) is 3.50. The number of hydrogen-bond donors (Lipinski definition) is 2. The van der Waals surface area contributed by atoms with Crippen molar-refractivity contribution in [2.75, 3.05) is 7.05 Å². The van der Waals surface area contributed by atoms with E-state index in [-0.39, 0.29) is 6.10 Å². The molecule has 2 rings (SSSR count). The van der Waals surface area contributed by atoms with Crippen LogP contribution in [-0.2, 0) is 0 Å². The molecule has 4 heteroatoms. The van der Waals surface area contributed by atoms with Gasteiger partial charge in [-0.15, -0.1) is 0 Å². The van der Waals surface area contributed by atoms with Crippen molar-refractivity contribution in [2.24, 2.45) is 5.73 Å². The summed E-state index contributed by atoms with van der Waals surface area (Å²) >= 11 is 0. The van der Waals surface area contributed by atoms with Gasteiger partial charge in [-0.25, -0.2) is 0 Å². The summed E-state index contributed by atoms with van der Waals surface area (Å²) in [5.74, 6) is 0.152. The number of carbonyl (C=O) groups excluding carboxylic acids is 1. The summed E-state index contributed by atoms with van der Waals surface area (Å²) in [6.45, 7) is 0. The Bertz CT molecular complexity index is 420. The summed E-state index contributed by atoms with van der Waals surface area (Å²) < 4.78 is 5.99. The lowest BCUT2D eigenvalue weighted by Gasteiger charge is -2.32. The van der Waals surface area contributed by atoms with Crippen LogP contribution in [0.15, 0.2) is 24.3 Å². The van der Waals surface area contributed by atoms with Crippen LogP contribution < -0.4 is 15.8 Å². The number of nitrogens with one attached hydrogen (secondary N) is 1. The summed E-state index contributed by atoms with van der Waals surface area (Å²) in [4.78, 5) is 11.3. The van der Waals surface area contributed by atoms with Gasteiger partial charge >= 0.3 is 0 Å². The first kappa shape index (κ1) is 12.9. The van der Waals surface area contributed by atoms with Crippen LogP contribution in [-0.4, -0.2) is 25.1 Å². The third-order valence-electron chi connectivity index (χ3n) is 3.50. The number of primary amides is 1. The highest BCUT2D eigenvalue weighted by atomic mass is 16.5. The van der Waals surface area contributed by atoms with E-state index in [1.54, 1.807) is 18.2 Å². The zero-order valence-corrected chi connectivity index (χ0v) is 10.7. The molecule has 0 saturated heterocycles. The van der Waals surface area contributed by atoms with Crippen molar-refractivity contribution in [3.63, 3.8) is 0 Å². The molecule has 0 radical (unpaired) electrons. The van der Waals surface area contributed by atoms with Gasteiger partial charge in [-0.1, -0.05) is 18.6 Å². The predicted molar refractivity (Wildman–Crippen MR) is 70.7 cm³/mol. The van der Waals surface area contributed by atoms with Crippen LogP contribution in [0.4, 0.5) is 0 Å². The fourth-order valence-electron chi connectivity index (χ4n) is 2.50. The molecule has 1 saturated carbocycles. The lowest BCUT2D eigenvalue weighted by Crippen LogP contribution is -2.43. The molecule has 1 aromatic carbocycles. The first-order chi connectivity index (χ1) is 8.72. The second-order valence-electron chi connectivity index (χ2n) is 4.70. The number of nitrogens with two attached hydrogens (primary N) is 1. The molecule has 2 unspecified atom stereocenters. The molecule has 0 bridgehead atoms. The molecule has 1 aliphatic carbocycles. The van der Waals surface area contributed by atoms with Crippen LogP contribution in [0.3, 0.4) is 0 Å². The summed E-state index contributed by atoms with van der Waals surface area (Å²) in [7, 11) is 1.95. The Kier molecular flexibility index (Phi) is 4.20. The van der Waals surface area contributed by atoms with E-state index in [2.05, 4.69) is 5.32 Å². The molecule has 0 spiro atoms. The maximum absolute atomic E-state index is 11.3. The molecule has 1 aliphatic rings. The van der Waals surface area contributed by atoms with Gasteiger partial charge in [0, 0.05) is 6.04 Å². The van der Waals surface area contributed by atoms with Gasteiger partial charge in [-0.2, -0.15) is 0 Å². The number of benzene rings is 1. The molecule has 1 aromatic rings. The number of rotatable bonds is 4. The van der Waals surface area contributed by atoms with Gasteiger partial charge in [-0.3, -0.25) is 4.79 Å². The lowest BCUT2D eigenvalue weighted by atomic mass is 9.92. The van der Waals surface area contributed by atoms with Crippen molar-refractivity contribution in [2.45, 2.75) is 37.8 Å². The van der Waals surface area contributed by atoms with E-state index in [0.717, 1.165) is 12.8 Å². The van der Waals surface area contributed by atoms with Crippen LogP contribution >= 0.6 is 0 Å². The summed E-state index contributed by atoms with van der Waals surface area (Å²) in [6.07, 6.45) is 4.63. The fraction of sp³-hybridized carbons (Fsp3) is 0.500. The average molecular weight is 248 g/mol. The van der Waals surface area contributed by atoms with Gasteiger partial charge in [0.2, 0.25) is 0 Å². The topological polar surface area (TPSA) is 64.3 Å². The number of carbonyl (C=O) groups is 1. The molecule has 3 N–H and O–H groups in total. The van der Waals surface area contributed by atoms with Gasteiger partial charge in [0.15, 0.2) is 0 Å². The first-order valence-corrected chi connectivity index (χ1v) is 6.45. The fourth-order valence-corrected chi connectivity index (χ4v) is 2.50. The van der Waals surface area contributed by atoms with E-state index < -0.39 is 5.91 Å². The van der Waals surface area contributed by atoms with Crippen LogP contribution in [0.1, 0.15) is 36.0 Å². The average Bonchev–Trinajstić information content (AvgIpc) is 2.40. The van der Waals surface area contributed by atoms with Crippen molar-refractivity contribution in [3.8, 4) is 5.75 Å². The smallest absolute Gasteiger partial charge is 0.252 e. The second-order valence-corrected chi connectivity index (χ2v) is 4.70. The number of para-hydroxylation sites is 1. The van der Waals surface area contributed by atoms with Gasteiger partial charge < -0.3 is 15.8 Å². The molecule has 0 aliphatic heterocycles. The molecule has 98 valence electrons. The monoisotopic (exact) mass is 248 g/mol. The zero-order chi connectivity index (χ0) is 13.0. The van der Waals surface area contributed by atoms with E-state index >= 15 is 0 Å². The summed E-state index contributed by atoms with van der Waals surface area (Å²) in [5, 5.41) is 3.28. The van der Waals surface area contributed by atoms with Crippen molar-refractivity contribution in [1.29, 1.82) is 0 Å².